The lowest BCUT2D eigenvalue weighted by molar-refractivity contribution is 0.0343. The Hall–Kier alpha value is -1.63. The van der Waals surface area contributed by atoms with Crippen LogP contribution in [0.25, 0.3) is 0 Å². The molecule has 1 unspecified atom stereocenters. The van der Waals surface area contributed by atoms with Crippen LogP contribution in [0.1, 0.15) is 18.1 Å². The number of amidine groups is 1. The number of benzene rings is 1. The molecule has 1 aromatic rings. The summed E-state index contributed by atoms with van der Waals surface area (Å²) >= 11 is 0. The van der Waals surface area contributed by atoms with E-state index in [1.165, 1.54) is 0 Å². The van der Waals surface area contributed by atoms with E-state index in [1.807, 2.05) is 24.3 Å². The Morgan fingerprint density at radius 3 is 2.86 bits per heavy atom. The van der Waals surface area contributed by atoms with Gasteiger partial charge in [-0.05, 0) is 12.5 Å². The number of rotatable bonds is 6. The first-order chi connectivity index (χ1) is 10.2. The van der Waals surface area contributed by atoms with Gasteiger partial charge in [0.25, 0.3) is 0 Å². The van der Waals surface area contributed by atoms with Crippen LogP contribution in [0.2, 0.25) is 0 Å². The first-order valence-corrected chi connectivity index (χ1v) is 7.30. The molecule has 1 saturated heterocycles. The fraction of sp³-hybridized carbons (Fsp3) is 0.533. The molecule has 0 aliphatic carbocycles. The Kier molecular flexibility index (Phi) is 5.98. The van der Waals surface area contributed by atoms with Crippen molar-refractivity contribution in [2.24, 2.45) is 10.9 Å². The van der Waals surface area contributed by atoms with Crippen LogP contribution in [0.5, 0.6) is 0 Å². The number of hydrogen-bond acceptors (Lipinski definition) is 5. The van der Waals surface area contributed by atoms with Gasteiger partial charge in [0.15, 0.2) is 5.84 Å². The molecule has 0 aromatic heterocycles. The zero-order chi connectivity index (χ0) is 15.1. The Bertz CT molecular complexity index is 472. The molecule has 1 aromatic carbocycles. The van der Waals surface area contributed by atoms with E-state index in [4.69, 9.17) is 15.7 Å². The third kappa shape index (κ3) is 4.70. The van der Waals surface area contributed by atoms with Crippen LogP contribution in [0.15, 0.2) is 29.4 Å². The van der Waals surface area contributed by atoms with Crippen LogP contribution in [0, 0.1) is 0 Å². The number of morpholine rings is 1. The topological polar surface area (TPSA) is 83.1 Å². The zero-order valence-electron chi connectivity index (χ0n) is 12.5. The van der Waals surface area contributed by atoms with Crippen LogP contribution < -0.4 is 11.1 Å². The highest BCUT2D eigenvalue weighted by atomic mass is 16.5. The van der Waals surface area contributed by atoms with Crippen LogP contribution in [-0.2, 0) is 11.3 Å². The summed E-state index contributed by atoms with van der Waals surface area (Å²) in [4.78, 5) is 2.40. The van der Waals surface area contributed by atoms with Crippen LogP contribution in [0.4, 0.5) is 0 Å². The van der Waals surface area contributed by atoms with Gasteiger partial charge in [0.2, 0.25) is 0 Å². The molecule has 0 saturated carbocycles. The van der Waals surface area contributed by atoms with Gasteiger partial charge in [-0.3, -0.25) is 4.90 Å². The summed E-state index contributed by atoms with van der Waals surface area (Å²) in [7, 11) is 0. The van der Waals surface area contributed by atoms with Gasteiger partial charge in [0.05, 0.1) is 13.2 Å². The van der Waals surface area contributed by atoms with E-state index in [0.717, 1.165) is 44.0 Å². The van der Waals surface area contributed by atoms with Crippen molar-refractivity contribution in [3.8, 4) is 0 Å². The number of oxime groups is 1. The molecule has 0 radical (unpaired) electrons. The second-order valence-corrected chi connectivity index (χ2v) is 5.34. The summed E-state index contributed by atoms with van der Waals surface area (Å²) < 4.78 is 5.35. The predicted molar refractivity (Wildman–Crippen MR) is 82.5 cm³/mol. The van der Waals surface area contributed by atoms with Gasteiger partial charge in [0.1, 0.15) is 0 Å². The number of ether oxygens (including phenoxy) is 1. The van der Waals surface area contributed by atoms with E-state index in [2.05, 4.69) is 22.3 Å². The molecule has 1 fully saturated rings. The Morgan fingerprint density at radius 2 is 2.14 bits per heavy atom. The average molecular weight is 292 g/mol. The van der Waals surface area contributed by atoms with Crippen molar-refractivity contribution < 1.29 is 9.94 Å². The lowest BCUT2D eigenvalue weighted by Crippen LogP contribution is -2.44. The molecule has 6 nitrogen and oxygen atoms in total. The van der Waals surface area contributed by atoms with Crippen molar-refractivity contribution in [1.82, 2.24) is 10.2 Å². The molecule has 1 heterocycles. The average Bonchev–Trinajstić information content (AvgIpc) is 2.53. The Balaban J connectivity index is 1.87. The lowest BCUT2D eigenvalue weighted by atomic mass is 10.1. The summed E-state index contributed by atoms with van der Waals surface area (Å²) in [5.74, 6) is 0.147. The summed E-state index contributed by atoms with van der Waals surface area (Å²) in [6, 6.07) is 8.05. The minimum Gasteiger partial charge on any atom is -0.409 e. The molecule has 2 rings (SSSR count). The molecule has 21 heavy (non-hydrogen) atoms. The summed E-state index contributed by atoms with van der Waals surface area (Å²) in [6.07, 6.45) is 0. The standard InChI is InChI=1S/C15H24N4O2/c1-12(11-19-6-8-21-9-7-19)17-10-13-4-2-3-5-14(13)15(16)18-20/h2-5,12,17,20H,6-11H2,1H3,(H2,16,18). The second kappa shape index (κ2) is 7.97. The van der Waals surface area contributed by atoms with E-state index >= 15 is 0 Å². The molecule has 0 spiro atoms. The van der Waals surface area contributed by atoms with Crippen molar-refractivity contribution in [3.63, 3.8) is 0 Å². The normalized spacial score (nSPS) is 18.6. The third-order valence-electron chi connectivity index (χ3n) is 3.68. The Morgan fingerprint density at radius 1 is 1.43 bits per heavy atom. The van der Waals surface area contributed by atoms with Crippen LogP contribution in [-0.4, -0.2) is 54.8 Å². The van der Waals surface area contributed by atoms with Gasteiger partial charge in [-0.2, -0.15) is 0 Å². The highest BCUT2D eigenvalue weighted by Gasteiger charge is 2.14. The van der Waals surface area contributed by atoms with Crippen molar-refractivity contribution in [3.05, 3.63) is 35.4 Å². The molecule has 1 atom stereocenters. The fourth-order valence-corrected chi connectivity index (χ4v) is 2.50. The van der Waals surface area contributed by atoms with E-state index in [0.29, 0.717) is 12.6 Å². The van der Waals surface area contributed by atoms with Gasteiger partial charge in [0, 0.05) is 37.8 Å². The molecule has 0 bridgehead atoms. The van der Waals surface area contributed by atoms with Gasteiger partial charge >= 0.3 is 0 Å². The smallest absolute Gasteiger partial charge is 0.170 e. The maximum absolute atomic E-state index is 8.83. The fourth-order valence-electron chi connectivity index (χ4n) is 2.50. The monoisotopic (exact) mass is 292 g/mol. The summed E-state index contributed by atoms with van der Waals surface area (Å²) in [5.41, 5.74) is 7.50. The summed E-state index contributed by atoms with van der Waals surface area (Å²) in [5, 5.41) is 15.4. The van der Waals surface area contributed by atoms with Crippen molar-refractivity contribution in [1.29, 1.82) is 0 Å². The summed E-state index contributed by atoms with van der Waals surface area (Å²) in [6.45, 7) is 7.48. The van der Waals surface area contributed by atoms with E-state index in [9.17, 15) is 0 Å². The largest absolute Gasteiger partial charge is 0.409 e. The minimum atomic E-state index is 0.147. The van der Waals surface area contributed by atoms with Crippen molar-refractivity contribution >= 4 is 5.84 Å². The van der Waals surface area contributed by atoms with Gasteiger partial charge in [-0.1, -0.05) is 29.4 Å². The molecule has 1 aliphatic rings. The number of hydrogen-bond donors (Lipinski definition) is 3. The molecule has 6 heteroatoms. The molecule has 1 aliphatic heterocycles. The molecule has 0 amide bonds. The van der Waals surface area contributed by atoms with Crippen LogP contribution >= 0.6 is 0 Å². The molecule has 4 N–H and O–H groups in total. The van der Waals surface area contributed by atoms with E-state index in [-0.39, 0.29) is 5.84 Å². The SMILES string of the molecule is CC(CN1CCOCC1)NCc1ccccc1C(N)=NO. The third-order valence-corrected chi connectivity index (χ3v) is 3.68. The Labute approximate surface area is 125 Å². The second-order valence-electron chi connectivity index (χ2n) is 5.34. The molecular formula is C15H24N4O2. The van der Waals surface area contributed by atoms with Crippen molar-refractivity contribution in [2.45, 2.75) is 19.5 Å². The predicted octanol–water partition coefficient (Wildman–Crippen LogP) is 0.591. The molecule has 116 valence electrons. The van der Waals surface area contributed by atoms with Gasteiger partial charge in [-0.15, -0.1) is 0 Å². The zero-order valence-corrected chi connectivity index (χ0v) is 12.5. The van der Waals surface area contributed by atoms with Gasteiger partial charge < -0.3 is 21.0 Å². The van der Waals surface area contributed by atoms with Crippen LogP contribution in [0.3, 0.4) is 0 Å². The number of nitrogens with zero attached hydrogens (tertiary/aromatic N) is 2. The minimum absolute atomic E-state index is 0.147. The quantitative estimate of drug-likeness (QED) is 0.309. The highest BCUT2D eigenvalue weighted by molar-refractivity contribution is 5.98. The van der Waals surface area contributed by atoms with Crippen molar-refractivity contribution in [2.75, 3.05) is 32.8 Å². The molecular weight excluding hydrogens is 268 g/mol. The maximum atomic E-state index is 8.83. The number of nitrogens with one attached hydrogen (secondary N) is 1. The first-order valence-electron chi connectivity index (χ1n) is 7.30. The van der Waals surface area contributed by atoms with E-state index < -0.39 is 0 Å². The lowest BCUT2D eigenvalue weighted by Gasteiger charge is -2.29. The highest BCUT2D eigenvalue weighted by Crippen LogP contribution is 2.09. The number of nitrogens with two attached hydrogens (primary N) is 1. The first kappa shape index (κ1) is 15.8. The van der Waals surface area contributed by atoms with E-state index in [1.54, 1.807) is 0 Å². The maximum Gasteiger partial charge on any atom is 0.170 e. The van der Waals surface area contributed by atoms with Gasteiger partial charge in [-0.25, -0.2) is 0 Å².